The Morgan fingerprint density at radius 1 is 1.05 bits per heavy atom. The molecule has 3 aromatic carbocycles. The first-order valence-electron chi connectivity index (χ1n) is 12.1. The third kappa shape index (κ3) is 5.60. The molecule has 194 valence electrons. The van der Waals surface area contributed by atoms with Crippen LogP contribution in [0.5, 0.6) is 0 Å². The van der Waals surface area contributed by atoms with Crippen molar-refractivity contribution in [3.05, 3.63) is 102 Å². The molecule has 1 aliphatic carbocycles. The molecule has 11 nitrogen and oxygen atoms in total. The largest absolute Gasteiger partial charge is 0.480 e. The number of carboxylic acids is 1. The van der Waals surface area contributed by atoms with Gasteiger partial charge in [-0.2, -0.15) is 10.5 Å². The Balaban J connectivity index is 1.18. The molecule has 0 saturated heterocycles. The number of carboxylic acid groups (broad SMARTS) is 1. The number of alkyl carbamates (subject to hydrolysis) is 1. The topological polar surface area (TPSA) is 166 Å². The summed E-state index contributed by atoms with van der Waals surface area (Å²) in [6, 6.07) is 23.7. The van der Waals surface area contributed by atoms with Crippen LogP contribution < -0.4 is 10.6 Å². The van der Waals surface area contributed by atoms with Gasteiger partial charge in [-0.05, 0) is 45.2 Å². The van der Waals surface area contributed by atoms with Gasteiger partial charge < -0.3 is 20.5 Å². The summed E-state index contributed by atoms with van der Waals surface area (Å²) in [7, 11) is 0. The van der Waals surface area contributed by atoms with Crippen molar-refractivity contribution in [1.29, 1.82) is 5.26 Å². The first-order chi connectivity index (χ1) is 19.0. The number of ether oxygens (including phenoxy) is 1. The molecule has 11 heteroatoms. The Hall–Kier alpha value is -5.50. The number of fused-ring (bicyclic) bond motifs is 3. The van der Waals surface area contributed by atoms with Gasteiger partial charge >= 0.3 is 12.1 Å². The van der Waals surface area contributed by atoms with Gasteiger partial charge in [0.05, 0.1) is 0 Å². The standard InChI is InChI=1S/C28H23N7O4/c29-14-18(26-32-34-35-33-26)15-30-19-11-9-17(10-12-19)13-25(27(36)37)31-28(38)39-16-24-22-7-3-1-5-20(22)21-6-2-4-8-23(21)24/h1-12,15,24-25,30H,13,16H2,(H,31,38)(H,36,37)(H,32,33,34,35). The van der Waals surface area contributed by atoms with Gasteiger partial charge in [0.25, 0.3) is 0 Å². The maximum absolute atomic E-state index is 12.6. The number of benzene rings is 3. The zero-order valence-corrected chi connectivity index (χ0v) is 20.5. The molecule has 4 N–H and O–H groups in total. The number of hydrogen-bond donors (Lipinski definition) is 4. The third-order valence-corrected chi connectivity index (χ3v) is 6.42. The minimum Gasteiger partial charge on any atom is -0.480 e. The lowest BCUT2D eigenvalue weighted by molar-refractivity contribution is -0.139. The van der Waals surface area contributed by atoms with E-state index in [4.69, 9.17) is 4.74 Å². The minimum absolute atomic E-state index is 0.0575. The van der Waals surface area contributed by atoms with Crippen molar-refractivity contribution in [2.24, 2.45) is 0 Å². The fraction of sp³-hybridized carbons (Fsp3) is 0.143. The molecule has 1 amide bonds. The van der Waals surface area contributed by atoms with Gasteiger partial charge in [0.15, 0.2) is 0 Å². The van der Waals surface area contributed by atoms with Gasteiger partial charge in [0, 0.05) is 24.2 Å². The highest BCUT2D eigenvalue weighted by molar-refractivity contribution is 5.81. The van der Waals surface area contributed by atoms with E-state index in [1.165, 1.54) is 6.20 Å². The zero-order valence-electron chi connectivity index (χ0n) is 20.5. The zero-order chi connectivity index (χ0) is 27.2. The monoisotopic (exact) mass is 521 g/mol. The summed E-state index contributed by atoms with van der Waals surface area (Å²) in [5.41, 5.74) is 5.90. The fourth-order valence-electron chi connectivity index (χ4n) is 4.53. The van der Waals surface area contributed by atoms with E-state index in [0.717, 1.165) is 22.3 Å². The molecule has 0 fully saturated rings. The molecule has 1 atom stereocenters. The molecule has 0 radical (unpaired) electrons. The maximum Gasteiger partial charge on any atom is 0.407 e. The second-order valence-electron chi connectivity index (χ2n) is 8.81. The Labute approximate surface area is 223 Å². The van der Waals surface area contributed by atoms with Crippen LogP contribution in [0, 0.1) is 11.3 Å². The number of nitriles is 1. The van der Waals surface area contributed by atoms with Crippen molar-refractivity contribution >= 4 is 23.3 Å². The number of aromatic nitrogens is 4. The average Bonchev–Trinajstić information content (AvgIpc) is 3.60. The Morgan fingerprint density at radius 3 is 2.31 bits per heavy atom. The number of carbonyl (C=O) groups excluding carboxylic acids is 1. The summed E-state index contributed by atoms with van der Waals surface area (Å²) in [5, 5.41) is 37.6. The molecule has 39 heavy (non-hydrogen) atoms. The highest BCUT2D eigenvalue weighted by Crippen LogP contribution is 2.44. The van der Waals surface area contributed by atoms with Crippen LogP contribution >= 0.6 is 0 Å². The van der Waals surface area contributed by atoms with E-state index in [1.807, 2.05) is 54.6 Å². The van der Waals surface area contributed by atoms with Crippen molar-refractivity contribution < 1.29 is 19.4 Å². The number of allylic oxidation sites excluding steroid dienone is 1. The van der Waals surface area contributed by atoms with Crippen LogP contribution in [0.15, 0.2) is 79.0 Å². The molecular weight excluding hydrogens is 498 g/mol. The predicted molar refractivity (Wildman–Crippen MR) is 141 cm³/mol. The molecule has 0 aliphatic heterocycles. The van der Waals surface area contributed by atoms with E-state index < -0.39 is 18.1 Å². The van der Waals surface area contributed by atoms with Crippen molar-refractivity contribution in [2.45, 2.75) is 18.4 Å². The van der Waals surface area contributed by atoms with E-state index in [9.17, 15) is 20.0 Å². The molecule has 1 aliphatic rings. The van der Waals surface area contributed by atoms with Crippen molar-refractivity contribution in [3.63, 3.8) is 0 Å². The number of hydrogen-bond acceptors (Lipinski definition) is 8. The lowest BCUT2D eigenvalue weighted by Crippen LogP contribution is -2.42. The number of aromatic amines is 1. The van der Waals surface area contributed by atoms with E-state index in [2.05, 4.69) is 31.3 Å². The number of aliphatic carboxylic acids is 1. The smallest absolute Gasteiger partial charge is 0.407 e. The lowest BCUT2D eigenvalue weighted by atomic mass is 9.98. The number of anilines is 1. The first-order valence-corrected chi connectivity index (χ1v) is 12.1. The summed E-state index contributed by atoms with van der Waals surface area (Å²) in [6.07, 6.45) is 0.707. The van der Waals surface area contributed by atoms with E-state index in [0.29, 0.717) is 11.3 Å². The van der Waals surface area contributed by atoms with Crippen LogP contribution in [0.2, 0.25) is 0 Å². The summed E-state index contributed by atoms with van der Waals surface area (Å²) in [4.78, 5) is 24.5. The third-order valence-electron chi connectivity index (χ3n) is 6.42. The van der Waals surface area contributed by atoms with Gasteiger partial charge in [-0.25, -0.2) is 9.59 Å². The summed E-state index contributed by atoms with van der Waals surface area (Å²) in [5.74, 6) is -1.14. The molecule has 1 aromatic heterocycles. The number of rotatable bonds is 9. The molecule has 0 spiro atoms. The molecule has 0 saturated carbocycles. The van der Waals surface area contributed by atoms with Crippen LogP contribution in [0.1, 0.15) is 28.4 Å². The average molecular weight is 522 g/mol. The van der Waals surface area contributed by atoms with Gasteiger partial charge in [-0.1, -0.05) is 60.7 Å². The van der Waals surface area contributed by atoms with Crippen LogP contribution in [0.4, 0.5) is 10.5 Å². The Bertz CT molecular complexity index is 1510. The van der Waals surface area contributed by atoms with Gasteiger partial charge in [0.1, 0.15) is 24.3 Å². The van der Waals surface area contributed by atoms with E-state index in [-0.39, 0.29) is 30.3 Å². The number of H-pyrrole nitrogens is 1. The number of carbonyl (C=O) groups is 2. The van der Waals surface area contributed by atoms with Gasteiger partial charge in [0.2, 0.25) is 5.82 Å². The minimum atomic E-state index is -1.18. The van der Waals surface area contributed by atoms with E-state index >= 15 is 0 Å². The van der Waals surface area contributed by atoms with Gasteiger partial charge in [-0.3, -0.25) is 0 Å². The second-order valence-corrected chi connectivity index (χ2v) is 8.81. The maximum atomic E-state index is 12.6. The number of tetrazole rings is 1. The van der Waals surface area contributed by atoms with Crippen LogP contribution in [-0.2, 0) is 16.0 Å². The molecule has 0 bridgehead atoms. The highest BCUT2D eigenvalue weighted by atomic mass is 16.5. The van der Waals surface area contributed by atoms with Crippen molar-refractivity contribution in [1.82, 2.24) is 25.9 Å². The quantitative estimate of drug-likeness (QED) is 0.240. The summed E-state index contributed by atoms with van der Waals surface area (Å²) < 4.78 is 5.50. The number of nitrogens with zero attached hydrogens (tertiary/aromatic N) is 4. The lowest BCUT2D eigenvalue weighted by Gasteiger charge is -2.17. The van der Waals surface area contributed by atoms with Gasteiger partial charge in [-0.15, -0.1) is 10.2 Å². The van der Waals surface area contributed by atoms with Crippen molar-refractivity contribution in [3.8, 4) is 17.2 Å². The second kappa shape index (κ2) is 11.3. The SMILES string of the molecule is N#CC(=CNc1ccc(CC(NC(=O)OCC2c3ccccc3-c3ccccc32)C(=O)O)cc1)c1nn[nH]n1. The van der Waals surface area contributed by atoms with Crippen LogP contribution in [0.3, 0.4) is 0 Å². The summed E-state index contributed by atoms with van der Waals surface area (Å²) >= 11 is 0. The molecular formula is C28H23N7O4. The Morgan fingerprint density at radius 2 is 1.72 bits per heavy atom. The van der Waals surface area contributed by atoms with Crippen LogP contribution in [-0.4, -0.2) is 50.4 Å². The fourth-order valence-corrected chi connectivity index (χ4v) is 4.53. The predicted octanol–water partition coefficient (Wildman–Crippen LogP) is 3.71. The van der Waals surface area contributed by atoms with Crippen LogP contribution in [0.25, 0.3) is 16.7 Å². The molecule has 5 rings (SSSR count). The number of nitrogens with one attached hydrogen (secondary N) is 3. The first kappa shape index (κ1) is 25.2. The number of amides is 1. The summed E-state index contributed by atoms with van der Waals surface area (Å²) in [6.45, 7) is 0.0919. The normalized spacial score (nSPS) is 13.1. The van der Waals surface area contributed by atoms with E-state index in [1.54, 1.807) is 24.3 Å². The Kier molecular flexibility index (Phi) is 7.27. The molecule has 1 heterocycles. The van der Waals surface area contributed by atoms with Crippen molar-refractivity contribution in [2.75, 3.05) is 11.9 Å². The molecule has 4 aromatic rings. The highest BCUT2D eigenvalue weighted by Gasteiger charge is 2.29. The molecule has 1 unspecified atom stereocenters.